The van der Waals surface area contributed by atoms with Gasteiger partial charge in [-0.2, -0.15) is 5.26 Å². The molecule has 0 amide bonds. The van der Waals surface area contributed by atoms with E-state index in [4.69, 9.17) is 11.0 Å². The van der Waals surface area contributed by atoms with Crippen LogP contribution in [-0.4, -0.2) is 18.0 Å². The van der Waals surface area contributed by atoms with Gasteiger partial charge in [0.15, 0.2) is 0 Å². The number of nitrogen functional groups attached to an aromatic ring is 1. The summed E-state index contributed by atoms with van der Waals surface area (Å²) in [4.78, 5) is 2.29. The summed E-state index contributed by atoms with van der Waals surface area (Å²) < 4.78 is 0. The Morgan fingerprint density at radius 2 is 2.00 bits per heavy atom. The summed E-state index contributed by atoms with van der Waals surface area (Å²) in [5, 5.41) is 8.61. The minimum Gasteiger partial charge on any atom is -0.399 e. The Balaban J connectivity index is 2.71. The number of rotatable bonds is 5. The smallest absolute Gasteiger partial charge is 0.0635 e. The molecule has 0 fully saturated rings. The fourth-order valence-corrected chi connectivity index (χ4v) is 1.80. The Hall–Kier alpha value is -1.53. The third-order valence-corrected chi connectivity index (χ3v) is 2.88. The lowest BCUT2D eigenvalue weighted by Crippen LogP contribution is -2.27. The van der Waals surface area contributed by atoms with Gasteiger partial charge in [-0.15, -0.1) is 0 Å². The molecule has 0 aliphatic rings. The lowest BCUT2D eigenvalue weighted by atomic mass is 10.1. The van der Waals surface area contributed by atoms with Crippen LogP contribution in [0.4, 0.5) is 5.69 Å². The zero-order valence-corrected chi connectivity index (χ0v) is 9.98. The molecule has 1 rings (SSSR count). The van der Waals surface area contributed by atoms with E-state index in [-0.39, 0.29) is 0 Å². The van der Waals surface area contributed by atoms with Gasteiger partial charge in [0.2, 0.25) is 0 Å². The number of benzene rings is 1. The van der Waals surface area contributed by atoms with Crippen molar-refractivity contribution in [3.63, 3.8) is 0 Å². The van der Waals surface area contributed by atoms with Crippen molar-refractivity contribution in [3.05, 3.63) is 29.8 Å². The van der Waals surface area contributed by atoms with E-state index in [1.807, 2.05) is 12.1 Å². The molecule has 0 aliphatic carbocycles. The van der Waals surface area contributed by atoms with Gasteiger partial charge >= 0.3 is 0 Å². The fourth-order valence-electron chi connectivity index (χ4n) is 1.80. The van der Waals surface area contributed by atoms with Crippen LogP contribution in [0.5, 0.6) is 0 Å². The number of nitriles is 1. The number of hydrogen-bond donors (Lipinski definition) is 1. The highest BCUT2D eigenvalue weighted by Gasteiger charge is 2.13. The lowest BCUT2D eigenvalue weighted by molar-refractivity contribution is 0.227. The zero-order chi connectivity index (χ0) is 12.0. The maximum absolute atomic E-state index is 8.61. The second kappa shape index (κ2) is 6.14. The molecule has 0 bridgehead atoms. The molecule has 3 nitrogen and oxygen atoms in total. The monoisotopic (exact) mass is 217 g/mol. The zero-order valence-electron chi connectivity index (χ0n) is 9.98. The van der Waals surface area contributed by atoms with Crippen molar-refractivity contribution in [3.8, 4) is 6.07 Å². The van der Waals surface area contributed by atoms with Gasteiger partial charge in [-0.05, 0) is 31.2 Å². The fraction of sp³-hybridized carbons (Fsp3) is 0.462. The second-order valence-corrected chi connectivity index (χ2v) is 3.88. The van der Waals surface area contributed by atoms with Crippen molar-refractivity contribution in [1.82, 2.24) is 4.90 Å². The largest absolute Gasteiger partial charge is 0.399 e. The van der Waals surface area contributed by atoms with E-state index in [0.717, 1.165) is 18.8 Å². The molecule has 1 aromatic rings. The second-order valence-electron chi connectivity index (χ2n) is 3.88. The van der Waals surface area contributed by atoms with Crippen LogP contribution in [0.1, 0.15) is 31.9 Å². The Labute approximate surface area is 97.5 Å². The molecule has 0 saturated heterocycles. The van der Waals surface area contributed by atoms with Gasteiger partial charge in [-0.25, -0.2) is 0 Å². The van der Waals surface area contributed by atoms with E-state index in [1.54, 1.807) is 0 Å². The summed E-state index contributed by atoms with van der Waals surface area (Å²) in [5.41, 5.74) is 7.69. The topological polar surface area (TPSA) is 53.0 Å². The van der Waals surface area contributed by atoms with Crippen molar-refractivity contribution >= 4 is 5.69 Å². The molecule has 0 radical (unpaired) electrons. The standard InChI is InChI=1S/C13H19N3/c1-3-16(10-4-9-14)11(2)12-5-7-13(15)8-6-12/h5-8,11H,3-4,10,15H2,1-2H3. The van der Waals surface area contributed by atoms with E-state index in [9.17, 15) is 0 Å². The predicted octanol–water partition coefficient (Wildman–Crippen LogP) is 2.57. The highest BCUT2D eigenvalue weighted by atomic mass is 15.1. The predicted molar refractivity (Wildman–Crippen MR) is 66.7 cm³/mol. The maximum Gasteiger partial charge on any atom is 0.0635 e. The highest BCUT2D eigenvalue weighted by molar-refractivity contribution is 5.40. The van der Waals surface area contributed by atoms with Crippen molar-refractivity contribution in [2.45, 2.75) is 26.3 Å². The maximum atomic E-state index is 8.61. The van der Waals surface area contributed by atoms with Crippen LogP contribution in [0, 0.1) is 11.3 Å². The Bertz CT molecular complexity index is 350. The number of nitrogens with two attached hydrogens (primary N) is 1. The normalized spacial score (nSPS) is 12.4. The summed E-state index contributed by atoms with van der Waals surface area (Å²) in [7, 11) is 0. The molecule has 0 spiro atoms. The molecule has 1 atom stereocenters. The van der Waals surface area contributed by atoms with Crippen LogP contribution in [0.2, 0.25) is 0 Å². The molecule has 1 unspecified atom stereocenters. The van der Waals surface area contributed by atoms with Gasteiger partial charge in [0, 0.05) is 24.7 Å². The van der Waals surface area contributed by atoms with E-state index in [2.05, 4.69) is 36.9 Å². The molecule has 1 aromatic carbocycles. The molecule has 2 N–H and O–H groups in total. The minimum atomic E-state index is 0.332. The van der Waals surface area contributed by atoms with Gasteiger partial charge in [-0.3, -0.25) is 4.90 Å². The Morgan fingerprint density at radius 3 is 2.50 bits per heavy atom. The molecule has 0 heterocycles. The molecule has 3 heteroatoms. The van der Waals surface area contributed by atoms with Crippen molar-refractivity contribution in [2.24, 2.45) is 0 Å². The van der Waals surface area contributed by atoms with E-state index in [1.165, 1.54) is 5.56 Å². The summed E-state index contributed by atoms with van der Waals surface area (Å²) >= 11 is 0. The summed E-state index contributed by atoms with van der Waals surface area (Å²) in [6.45, 7) is 6.04. The average Bonchev–Trinajstić information content (AvgIpc) is 2.30. The van der Waals surface area contributed by atoms with Crippen LogP contribution in [0.25, 0.3) is 0 Å². The van der Waals surface area contributed by atoms with Crippen molar-refractivity contribution in [2.75, 3.05) is 18.8 Å². The molecule has 86 valence electrons. The molecule has 0 aliphatic heterocycles. The Kier molecular flexibility index (Phi) is 4.81. The van der Waals surface area contributed by atoms with Crippen molar-refractivity contribution in [1.29, 1.82) is 5.26 Å². The summed E-state index contributed by atoms with van der Waals surface area (Å²) in [6, 6.07) is 10.5. The number of nitrogens with zero attached hydrogens (tertiary/aromatic N) is 2. The van der Waals surface area contributed by atoms with Gasteiger partial charge in [0.25, 0.3) is 0 Å². The minimum absolute atomic E-state index is 0.332. The van der Waals surface area contributed by atoms with Crippen LogP contribution in [-0.2, 0) is 0 Å². The van der Waals surface area contributed by atoms with E-state index in [0.29, 0.717) is 12.5 Å². The first-order valence-electron chi connectivity index (χ1n) is 5.65. The third kappa shape index (κ3) is 3.25. The molecule has 0 aromatic heterocycles. The van der Waals surface area contributed by atoms with E-state index < -0.39 is 0 Å². The molecular weight excluding hydrogens is 198 g/mol. The van der Waals surface area contributed by atoms with Gasteiger partial charge in [0.05, 0.1) is 6.07 Å². The van der Waals surface area contributed by atoms with Gasteiger partial charge < -0.3 is 5.73 Å². The SMILES string of the molecule is CCN(CCC#N)C(C)c1ccc(N)cc1. The van der Waals surface area contributed by atoms with Crippen LogP contribution >= 0.6 is 0 Å². The first kappa shape index (κ1) is 12.5. The average molecular weight is 217 g/mol. The third-order valence-electron chi connectivity index (χ3n) is 2.88. The van der Waals surface area contributed by atoms with E-state index >= 15 is 0 Å². The first-order valence-corrected chi connectivity index (χ1v) is 5.65. The van der Waals surface area contributed by atoms with Crippen LogP contribution in [0.15, 0.2) is 24.3 Å². The van der Waals surface area contributed by atoms with Gasteiger partial charge in [-0.1, -0.05) is 19.1 Å². The number of anilines is 1. The van der Waals surface area contributed by atoms with Crippen molar-refractivity contribution < 1.29 is 0 Å². The molecular formula is C13H19N3. The lowest BCUT2D eigenvalue weighted by Gasteiger charge is -2.27. The quantitative estimate of drug-likeness (QED) is 0.771. The summed E-state index contributed by atoms with van der Waals surface area (Å²) in [6.07, 6.45) is 0.577. The van der Waals surface area contributed by atoms with Crippen LogP contribution < -0.4 is 5.73 Å². The first-order chi connectivity index (χ1) is 7.69. The Morgan fingerprint density at radius 1 is 1.38 bits per heavy atom. The number of hydrogen-bond acceptors (Lipinski definition) is 3. The van der Waals surface area contributed by atoms with Crippen LogP contribution in [0.3, 0.4) is 0 Å². The molecule has 16 heavy (non-hydrogen) atoms. The summed E-state index contributed by atoms with van der Waals surface area (Å²) in [5.74, 6) is 0. The van der Waals surface area contributed by atoms with Gasteiger partial charge in [0.1, 0.15) is 0 Å². The molecule has 0 saturated carbocycles. The highest BCUT2D eigenvalue weighted by Crippen LogP contribution is 2.20.